The molecule has 1 heterocycles. The van der Waals surface area contributed by atoms with Crippen molar-refractivity contribution in [3.05, 3.63) is 54.6 Å². The van der Waals surface area contributed by atoms with Crippen LogP contribution >= 0.6 is 11.8 Å². The summed E-state index contributed by atoms with van der Waals surface area (Å²) >= 11 is 1.44. The number of carbonyl (C=O) groups is 1. The van der Waals surface area contributed by atoms with Gasteiger partial charge >= 0.3 is 0 Å². The minimum Gasteiger partial charge on any atom is -0.497 e. The van der Waals surface area contributed by atoms with Crippen molar-refractivity contribution in [2.24, 2.45) is 0 Å². The molecule has 7 nitrogen and oxygen atoms in total. The lowest BCUT2D eigenvalue weighted by Gasteiger charge is -2.07. The van der Waals surface area contributed by atoms with E-state index in [1.165, 1.54) is 11.8 Å². The van der Waals surface area contributed by atoms with Gasteiger partial charge < -0.3 is 10.1 Å². The average molecular weight is 355 g/mol. The molecule has 0 atom stereocenters. The molecule has 0 spiro atoms. The lowest BCUT2D eigenvalue weighted by molar-refractivity contribution is -0.115. The van der Waals surface area contributed by atoms with Crippen molar-refractivity contribution in [1.29, 1.82) is 0 Å². The second-order valence-electron chi connectivity index (χ2n) is 5.09. The number of anilines is 1. The Morgan fingerprint density at radius 1 is 1.20 bits per heavy atom. The Hall–Kier alpha value is -2.87. The van der Waals surface area contributed by atoms with Gasteiger partial charge in [0.1, 0.15) is 5.75 Å². The number of rotatable bonds is 7. The first-order valence-electron chi connectivity index (χ1n) is 7.67. The molecule has 25 heavy (non-hydrogen) atoms. The van der Waals surface area contributed by atoms with Crippen molar-refractivity contribution in [2.75, 3.05) is 18.2 Å². The monoisotopic (exact) mass is 355 g/mol. The number of carbonyl (C=O) groups excluding carboxylic acids is 1. The maximum absolute atomic E-state index is 12.1. The predicted octanol–water partition coefficient (Wildman–Crippen LogP) is 2.79. The average Bonchev–Trinajstić information content (AvgIpc) is 3.11. The van der Waals surface area contributed by atoms with Crippen LogP contribution < -0.4 is 10.1 Å². The highest BCUT2D eigenvalue weighted by Gasteiger charge is 2.10. The van der Waals surface area contributed by atoms with Crippen LogP contribution in [0.5, 0.6) is 5.75 Å². The van der Waals surface area contributed by atoms with E-state index in [0.29, 0.717) is 28.8 Å². The number of tetrazole rings is 1. The standard InChI is InChI=1S/C17H17N5O2S/c1-24-15-9-5-6-13(12-15)18-16(23)10-11-25-17-19-20-21-22(17)14-7-3-2-4-8-14/h2-9,12H,10-11H2,1H3,(H,18,23). The number of methoxy groups -OCH3 is 1. The molecule has 0 saturated carbocycles. The Balaban J connectivity index is 1.53. The van der Waals surface area contributed by atoms with Gasteiger partial charge in [-0.2, -0.15) is 4.68 Å². The van der Waals surface area contributed by atoms with Gasteiger partial charge in [0.2, 0.25) is 11.1 Å². The lowest BCUT2D eigenvalue weighted by Crippen LogP contribution is -2.12. The molecular formula is C17H17N5O2S. The molecule has 0 saturated heterocycles. The lowest BCUT2D eigenvalue weighted by atomic mass is 10.3. The fraction of sp³-hybridized carbons (Fsp3) is 0.176. The van der Waals surface area contributed by atoms with Gasteiger partial charge in [0.05, 0.1) is 12.8 Å². The minimum atomic E-state index is -0.0699. The number of amides is 1. The molecule has 0 aliphatic heterocycles. The highest BCUT2D eigenvalue weighted by Crippen LogP contribution is 2.20. The van der Waals surface area contributed by atoms with Crippen molar-refractivity contribution < 1.29 is 9.53 Å². The molecule has 3 rings (SSSR count). The molecular weight excluding hydrogens is 338 g/mol. The van der Waals surface area contributed by atoms with Crippen molar-refractivity contribution in [2.45, 2.75) is 11.6 Å². The molecule has 8 heteroatoms. The number of nitrogens with zero attached hydrogens (tertiary/aromatic N) is 4. The molecule has 1 amide bonds. The molecule has 2 aromatic carbocycles. The van der Waals surface area contributed by atoms with Crippen LogP contribution in [0, 0.1) is 0 Å². The number of ether oxygens (including phenoxy) is 1. The number of hydrogen-bond acceptors (Lipinski definition) is 6. The largest absolute Gasteiger partial charge is 0.497 e. The van der Waals surface area contributed by atoms with Gasteiger partial charge in [0, 0.05) is 23.9 Å². The molecule has 0 aliphatic carbocycles. The van der Waals surface area contributed by atoms with Gasteiger partial charge in [0.25, 0.3) is 0 Å². The van der Waals surface area contributed by atoms with E-state index in [9.17, 15) is 4.79 Å². The Bertz CT molecular complexity index is 838. The predicted molar refractivity (Wildman–Crippen MR) is 96.1 cm³/mol. The summed E-state index contributed by atoms with van der Waals surface area (Å²) in [7, 11) is 1.59. The zero-order chi connectivity index (χ0) is 17.5. The number of nitrogens with one attached hydrogen (secondary N) is 1. The summed E-state index contributed by atoms with van der Waals surface area (Å²) in [6.07, 6.45) is 0.351. The van der Waals surface area contributed by atoms with E-state index in [1.807, 2.05) is 48.5 Å². The van der Waals surface area contributed by atoms with Gasteiger partial charge in [-0.25, -0.2) is 0 Å². The molecule has 0 radical (unpaired) electrons. The first-order valence-corrected chi connectivity index (χ1v) is 8.65. The Morgan fingerprint density at radius 2 is 2.04 bits per heavy atom. The highest BCUT2D eigenvalue weighted by molar-refractivity contribution is 7.99. The van der Waals surface area contributed by atoms with Crippen LogP contribution in [0.25, 0.3) is 5.69 Å². The summed E-state index contributed by atoms with van der Waals surface area (Å²) in [6, 6.07) is 16.9. The van der Waals surface area contributed by atoms with Crippen molar-refractivity contribution in [3.8, 4) is 11.4 Å². The summed E-state index contributed by atoms with van der Waals surface area (Å²) in [5.74, 6) is 1.21. The highest BCUT2D eigenvalue weighted by atomic mass is 32.2. The van der Waals surface area contributed by atoms with E-state index < -0.39 is 0 Å². The number of thioether (sulfide) groups is 1. The summed E-state index contributed by atoms with van der Waals surface area (Å²) in [5.41, 5.74) is 1.60. The Kier molecular flexibility index (Phi) is 5.63. The first kappa shape index (κ1) is 17.0. The van der Waals surface area contributed by atoms with E-state index in [0.717, 1.165) is 5.69 Å². The van der Waals surface area contributed by atoms with Crippen LogP contribution in [-0.4, -0.2) is 39.0 Å². The topological polar surface area (TPSA) is 81.9 Å². The van der Waals surface area contributed by atoms with E-state index in [4.69, 9.17) is 4.74 Å². The normalized spacial score (nSPS) is 10.4. The van der Waals surface area contributed by atoms with Crippen LogP contribution in [0.2, 0.25) is 0 Å². The third-order valence-electron chi connectivity index (χ3n) is 3.36. The maximum Gasteiger partial charge on any atom is 0.225 e. The Labute approximate surface area is 149 Å². The smallest absolute Gasteiger partial charge is 0.225 e. The molecule has 128 valence electrons. The van der Waals surface area contributed by atoms with Crippen LogP contribution in [-0.2, 0) is 4.79 Å². The van der Waals surface area contributed by atoms with Crippen LogP contribution in [0.15, 0.2) is 59.8 Å². The van der Waals surface area contributed by atoms with Gasteiger partial charge in [-0.05, 0) is 34.7 Å². The molecule has 0 fully saturated rings. The molecule has 1 aromatic heterocycles. The van der Waals surface area contributed by atoms with Gasteiger partial charge in [-0.15, -0.1) is 5.10 Å². The maximum atomic E-state index is 12.1. The molecule has 0 unspecified atom stereocenters. The second-order valence-corrected chi connectivity index (χ2v) is 6.15. The SMILES string of the molecule is COc1cccc(NC(=O)CCSc2nnnn2-c2ccccc2)c1. The molecule has 0 bridgehead atoms. The summed E-state index contributed by atoms with van der Waals surface area (Å²) in [5, 5.41) is 15.2. The van der Waals surface area contributed by atoms with Crippen LogP contribution in [0.3, 0.4) is 0 Å². The summed E-state index contributed by atoms with van der Waals surface area (Å²) < 4.78 is 6.80. The van der Waals surface area contributed by atoms with Crippen molar-refractivity contribution >= 4 is 23.4 Å². The molecule has 0 aliphatic rings. The minimum absolute atomic E-state index is 0.0699. The van der Waals surface area contributed by atoms with E-state index in [1.54, 1.807) is 17.9 Å². The van der Waals surface area contributed by atoms with Crippen molar-refractivity contribution in [3.63, 3.8) is 0 Å². The third-order valence-corrected chi connectivity index (χ3v) is 4.28. The zero-order valence-corrected chi connectivity index (χ0v) is 14.4. The second kappa shape index (κ2) is 8.29. The number of benzene rings is 2. The Morgan fingerprint density at radius 3 is 2.84 bits per heavy atom. The summed E-state index contributed by atoms with van der Waals surface area (Å²) in [4.78, 5) is 12.1. The third kappa shape index (κ3) is 4.57. The number of hydrogen-bond donors (Lipinski definition) is 1. The van der Waals surface area contributed by atoms with Crippen molar-refractivity contribution in [1.82, 2.24) is 20.2 Å². The number of para-hydroxylation sites is 1. The van der Waals surface area contributed by atoms with E-state index >= 15 is 0 Å². The van der Waals surface area contributed by atoms with Crippen LogP contribution in [0.4, 0.5) is 5.69 Å². The number of aromatic nitrogens is 4. The van der Waals surface area contributed by atoms with E-state index in [-0.39, 0.29) is 5.91 Å². The van der Waals surface area contributed by atoms with E-state index in [2.05, 4.69) is 20.8 Å². The quantitative estimate of drug-likeness (QED) is 0.656. The van der Waals surface area contributed by atoms with Crippen LogP contribution in [0.1, 0.15) is 6.42 Å². The fourth-order valence-corrected chi connectivity index (χ4v) is 2.99. The fourth-order valence-electron chi connectivity index (χ4n) is 2.16. The first-order chi connectivity index (χ1) is 12.3. The van der Waals surface area contributed by atoms with Gasteiger partial charge in [-0.1, -0.05) is 36.0 Å². The zero-order valence-electron chi connectivity index (χ0n) is 13.6. The summed E-state index contributed by atoms with van der Waals surface area (Å²) in [6.45, 7) is 0. The molecule has 3 aromatic rings. The van der Waals surface area contributed by atoms with Gasteiger partial charge in [0.15, 0.2) is 0 Å². The molecule has 1 N–H and O–H groups in total. The van der Waals surface area contributed by atoms with Gasteiger partial charge in [-0.3, -0.25) is 4.79 Å².